The maximum absolute atomic E-state index is 14.5. The third kappa shape index (κ3) is 3.86. The summed E-state index contributed by atoms with van der Waals surface area (Å²) in [6.07, 6.45) is -4.96. The van der Waals surface area contributed by atoms with Gasteiger partial charge in [-0.05, 0) is 19.1 Å². The Bertz CT molecular complexity index is 986. The van der Waals surface area contributed by atoms with E-state index >= 15 is 0 Å². The van der Waals surface area contributed by atoms with Crippen molar-refractivity contribution in [3.63, 3.8) is 0 Å². The van der Waals surface area contributed by atoms with E-state index in [-0.39, 0.29) is 32.0 Å². The van der Waals surface area contributed by atoms with Crippen LogP contribution in [0.15, 0.2) is 16.9 Å². The molecule has 1 aromatic carbocycles. The van der Waals surface area contributed by atoms with E-state index in [9.17, 15) is 31.1 Å². The lowest BCUT2D eigenvalue weighted by Crippen LogP contribution is -2.29. The van der Waals surface area contributed by atoms with Crippen LogP contribution < -0.4 is 15.7 Å². The summed E-state index contributed by atoms with van der Waals surface area (Å²) >= 11 is 1.95. The Kier molecular flexibility index (Phi) is 5.72. The maximum atomic E-state index is 14.5. The zero-order valence-electron chi connectivity index (χ0n) is 13.8. The molecule has 2 N–H and O–H groups in total. The molecular weight excluding hydrogens is 414 g/mol. The Hall–Kier alpha value is -2.32. The molecule has 1 unspecified atom stereocenters. The highest BCUT2D eigenvalue weighted by molar-refractivity contribution is 7.81. The Morgan fingerprint density at radius 1 is 1.44 bits per heavy atom. The smallest absolute Gasteiger partial charge is 0.451 e. The van der Waals surface area contributed by atoms with E-state index in [1.165, 1.54) is 6.92 Å². The van der Waals surface area contributed by atoms with Gasteiger partial charge in [0.1, 0.15) is 16.5 Å². The molecule has 14 heteroatoms. The lowest BCUT2D eigenvalue weighted by Gasteiger charge is -2.27. The topological polar surface area (TPSA) is 109 Å². The standard InChI is InChI=1S/C13H13F4N5O3S2/c1-3-21(27(24)25)8-5-9(7(14)4-6(8)10(18)26)22-12(23)20(2)11(19-22)13(15,16)17/h4-5H,3H2,1-2H3,(H2,18,26)(H,24,25)/p-1. The van der Waals surface area contributed by atoms with Crippen LogP contribution >= 0.6 is 12.2 Å². The largest absolute Gasteiger partial charge is 0.755 e. The van der Waals surface area contributed by atoms with Crippen molar-refractivity contribution < 1.29 is 26.3 Å². The molecule has 0 fully saturated rings. The monoisotopic (exact) mass is 426 g/mol. The van der Waals surface area contributed by atoms with Crippen molar-refractivity contribution >= 4 is 34.2 Å². The summed E-state index contributed by atoms with van der Waals surface area (Å²) in [5.41, 5.74) is 3.14. The molecule has 0 amide bonds. The molecule has 27 heavy (non-hydrogen) atoms. The number of hydrogen-bond donors (Lipinski definition) is 1. The summed E-state index contributed by atoms with van der Waals surface area (Å²) in [6, 6.07) is 1.58. The van der Waals surface area contributed by atoms with Crippen molar-refractivity contribution in [2.24, 2.45) is 12.8 Å². The van der Waals surface area contributed by atoms with E-state index < -0.39 is 40.5 Å². The van der Waals surface area contributed by atoms with Gasteiger partial charge in [-0.2, -0.15) is 17.9 Å². The number of anilines is 1. The lowest BCUT2D eigenvalue weighted by molar-refractivity contribution is -0.147. The van der Waals surface area contributed by atoms with Crippen molar-refractivity contribution in [3.8, 4) is 5.69 Å². The van der Waals surface area contributed by atoms with E-state index in [4.69, 9.17) is 18.0 Å². The Morgan fingerprint density at radius 2 is 2.04 bits per heavy atom. The molecule has 1 heterocycles. The van der Waals surface area contributed by atoms with E-state index in [0.29, 0.717) is 0 Å². The average Bonchev–Trinajstić information content (AvgIpc) is 2.84. The van der Waals surface area contributed by atoms with E-state index in [1.54, 1.807) is 0 Å². The average molecular weight is 426 g/mol. The molecule has 8 nitrogen and oxygen atoms in total. The molecule has 0 saturated heterocycles. The predicted octanol–water partition coefficient (Wildman–Crippen LogP) is 0.984. The maximum Gasteiger partial charge on any atom is 0.451 e. The Morgan fingerprint density at radius 3 is 2.44 bits per heavy atom. The molecule has 0 saturated carbocycles. The Balaban J connectivity index is 2.82. The highest BCUT2D eigenvalue weighted by Crippen LogP contribution is 2.29. The van der Waals surface area contributed by atoms with E-state index in [1.807, 2.05) is 0 Å². The number of nitrogens with two attached hydrogens (primary N) is 1. The van der Waals surface area contributed by atoms with Gasteiger partial charge in [0.05, 0.1) is 5.69 Å². The number of benzene rings is 1. The van der Waals surface area contributed by atoms with Crippen LogP contribution in [-0.4, -0.2) is 34.6 Å². The van der Waals surface area contributed by atoms with Crippen LogP contribution in [0.2, 0.25) is 0 Å². The highest BCUT2D eigenvalue weighted by atomic mass is 32.2. The fourth-order valence-electron chi connectivity index (χ4n) is 2.31. The summed E-state index contributed by atoms with van der Waals surface area (Å²) in [7, 11) is 0.821. The number of hydrogen-bond acceptors (Lipinski definition) is 5. The van der Waals surface area contributed by atoms with Crippen LogP contribution in [0.25, 0.3) is 5.69 Å². The van der Waals surface area contributed by atoms with E-state index in [0.717, 1.165) is 23.5 Å². The van der Waals surface area contributed by atoms with Gasteiger partial charge in [-0.15, -0.1) is 5.10 Å². The van der Waals surface area contributed by atoms with Crippen molar-refractivity contribution in [2.45, 2.75) is 13.1 Å². The molecule has 0 aliphatic rings. The first-order valence-corrected chi connectivity index (χ1v) is 8.58. The van der Waals surface area contributed by atoms with Gasteiger partial charge < -0.3 is 14.6 Å². The first kappa shape index (κ1) is 21.0. The zero-order valence-corrected chi connectivity index (χ0v) is 15.4. The SMILES string of the molecule is CCN(c1cc(-n2nc(C(F)(F)F)n(C)c2=O)c(F)cc1C(N)=S)S(=O)[O-]. The lowest BCUT2D eigenvalue weighted by atomic mass is 10.1. The summed E-state index contributed by atoms with van der Waals surface area (Å²) in [5.74, 6) is -2.71. The Labute approximate surface area is 157 Å². The van der Waals surface area contributed by atoms with Crippen molar-refractivity contribution in [3.05, 3.63) is 39.8 Å². The van der Waals surface area contributed by atoms with Gasteiger partial charge in [0.2, 0.25) is 5.82 Å². The molecular formula is C13H12F4N5O3S2-. The molecule has 0 aliphatic carbocycles. The minimum Gasteiger partial charge on any atom is -0.755 e. The van der Waals surface area contributed by atoms with Gasteiger partial charge in [-0.3, -0.25) is 8.78 Å². The number of alkyl halides is 3. The van der Waals surface area contributed by atoms with Gasteiger partial charge in [-0.25, -0.2) is 9.18 Å². The number of halogens is 4. The molecule has 1 aromatic heterocycles. The molecule has 2 rings (SSSR count). The van der Waals surface area contributed by atoms with Crippen LogP contribution in [0.5, 0.6) is 0 Å². The van der Waals surface area contributed by atoms with Gasteiger partial charge in [0.25, 0.3) is 0 Å². The third-order valence-corrected chi connectivity index (χ3v) is 4.56. The third-order valence-electron chi connectivity index (χ3n) is 3.53. The normalized spacial score (nSPS) is 12.9. The van der Waals surface area contributed by atoms with Gasteiger partial charge in [0.15, 0.2) is 0 Å². The predicted molar refractivity (Wildman–Crippen MR) is 91.6 cm³/mol. The van der Waals surface area contributed by atoms with Crippen LogP contribution in [-0.2, 0) is 24.5 Å². The molecule has 0 aliphatic heterocycles. The van der Waals surface area contributed by atoms with Crippen LogP contribution in [0.4, 0.5) is 23.2 Å². The van der Waals surface area contributed by atoms with Crippen molar-refractivity contribution in [1.82, 2.24) is 14.3 Å². The van der Waals surface area contributed by atoms with Gasteiger partial charge in [0, 0.05) is 30.4 Å². The first-order valence-electron chi connectivity index (χ1n) is 7.14. The minimum atomic E-state index is -4.96. The van der Waals surface area contributed by atoms with Crippen LogP contribution in [0.3, 0.4) is 0 Å². The number of aromatic nitrogens is 3. The number of nitrogens with zero attached hydrogens (tertiary/aromatic N) is 4. The summed E-state index contributed by atoms with van der Waals surface area (Å²) < 4.78 is 77.3. The van der Waals surface area contributed by atoms with Gasteiger partial charge >= 0.3 is 11.9 Å². The summed E-state index contributed by atoms with van der Waals surface area (Å²) in [5, 5.41) is 3.12. The molecule has 2 aromatic rings. The van der Waals surface area contributed by atoms with Crippen LogP contribution in [0.1, 0.15) is 18.3 Å². The molecule has 148 valence electrons. The fourth-order valence-corrected chi connectivity index (χ4v) is 3.00. The second-order valence-corrected chi connectivity index (χ2v) is 6.49. The first-order chi connectivity index (χ1) is 12.4. The number of rotatable bonds is 5. The summed E-state index contributed by atoms with van der Waals surface area (Å²) in [4.78, 5) is 11.8. The molecule has 0 spiro atoms. The second-order valence-electron chi connectivity index (χ2n) is 5.17. The molecule has 0 bridgehead atoms. The van der Waals surface area contributed by atoms with E-state index in [2.05, 4.69) is 5.10 Å². The van der Waals surface area contributed by atoms with Gasteiger partial charge in [-0.1, -0.05) is 12.2 Å². The van der Waals surface area contributed by atoms with Crippen LogP contribution in [0, 0.1) is 5.82 Å². The summed E-state index contributed by atoms with van der Waals surface area (Å²) in [6.45, 7) is 1.35. The second kappa shape index (κ2) is 7.36. The fraction of sp³-hybridized carbons (Fsp3) is 0.308. The molecule has 1 atom stereocenters. The van der Waals surface area contributed by atoms with Crippen molar-refractivity contribution in [2.75, 3.05) is 10.8 Å². The number of thiocarbonyl (C=S) groups is 1. The quantitative estimate of drug-likeness (QED) is 0.434. The highest BCUT2D eigenvalue weighted by Gasteiger charge is 2.38. The van der Waals surface area contributed by atoms with Crippen molar-refractivity contribution in [1.29, 1.82) is 0 Å². The minimum absolute atomic E-state index is 0.109. The zero-order chi connectivity index (χ0) is 20.7. The molecule has 0 radical (unpaired) electrons.